The summed E-state index contributed by atoms with van der Waals surface area (Å²) in [5, 5.41) is 0. The highest BCUT2D eigenvalue weighted by molar-refractivity contribution is 4.79. The third-order valence-electron chi connectivity index (χ3n) is 4.72. The lowest BCUT2D eigenvalue weighted by atomic mass is 9.85. The Morgan fingerprint density at radius 1 is 0.667 bits per heavy atom. The molecule has 21 heavy (non-hydrogen) atoms. The maximum Gasteiger partial charge on any atom is 0.170 e. The van der Waals surface area contributed by atoms with Gasteiger partial charge in [0.15, 0.2) is 5.79 Å². The Balaban J connectivity index is 4.39. The van der Waals surface area contributed by atoms with Crippen molar-refractivity contribution in [1.29, 1.82) is 0 Å². The van der Waals surface area contributed by atoms with E-state index in [4.69, 9.17) is 9.47 Å². The minimum absolute atomic E-state index is 0.354. The van der Waals surface area contributed by atoms with Crippen molar-refractivity contribution < 1.29 is 9.47 Å². The van der Waals surface area contributed by atoms with E-state index < -0.39 is 0 Å². The summed E-state index contributed by atoms with van der Waals surface area (Å²) >= 11 is 0. The van der Waals surface area contributed by atoms with Crippen molar-refractivity contribution in [2.45, 2.75) is 104 Å². The van der Waals surface area contributed by atoms with Crippen LogP contribution in [0.3, 0.4) is 0 Å². The smallest absolute Gasteiger partial charge is 0.170 e. The highest BCUT2D eigenvalue weighted by Gasteiger charge is 2.37. The van der Waals surface area contributed by atoms with Crippen LogP contribution >= 0.6 is 0 Å². The summed E-state index contributed by atoms with van der Waals surface area (Å²) in [6.07, 6.45) is 15.3. The van der Waals surface area contributed by atoms with E-state index >= 15 is 0 Å². The summed E-state index contributed by atoms with van der Waals surface area (Å²) in [7, 11) is 3.64. The van der Waals surface area contributed by atoms with Crippen LogP contribution in [0.25, 0.3) is 0 Å². The summed E-state index contributed by atoms with van der Waals surface area (Å²) in [5.74, 6) is 0.187. The second-order valence-electron chi connectivity index (χ2n) is 6.37. The van der Waals surface area contributed by atoms with Crippen LogP contribution in [0, 0.1) is 5.92 Å². The van der Waals surface area contributed by atoms with Crippen molar-refractivity contribution >= 4 is 0 Å². The van der Waals surface area contributed by atoms with Gasteiger partial charge in [-0.05, 0) is 12.8 Å². The lowest BCUT2D eigenvalue weighted by Gasteiger charge is -2.38. The summed E-state index contributed by atoms with van der Waals surface area (Å²) in [5.41, 5.74) is 0. The Morgan fingerprint density at radius 2 is 1.19 bits per heavy atom. The molecule has 1 unspecified atom stereocenters. The average Bonchev–Trinajstić information content (AvgIpc) is 2.51. The van der Waals surface area contributed by atoms with Gasteiger partial charge in [0.05, 0.1) is 0 Å². The van der Waals surface area contributed by atoms with Crippen LogP contribution in [0.15, 0.2) is 0 Å². The van der Waals surface area contributed by atoms with Gasteiger partial charge in [-0.1, -0.05) is 78.6 Å². The number of ether oxygens (including phenoxy) is 2. The van der Waals surface area contributed by atoms with E-state index in [0.717, 1.165) is 12.8 Å². The van der Waals surface area contributed by atoms with Crippen LogP contribution < -0.4 is 0 Å². The molecule has 2 nitrogen and oxygen atoms in total. The van der Waals surface area contributed by atoms with Crippen LogP contribution in [0.2, 0.25) is 0 Å². The SMILES string of the molecule is CCCCCCCCC(CCCC)C(CCC)(OC)OC. The van der Waals surface area contributed by atoms with E-state index in [-0.39, 0.29) is 5.79 Å². The molecular weight excluding hydrogens is 260 g/mol. The first-order valence-electron chi connectivity index (χ1n) is 9.30. The van der Waals surface area contributed by atoms with Crippen molar-refractivity contribution in [3.8, 4) is 0 Å². The molecule has 0 spiro atoms. The van der Waals surface area contributed by atoms with E-state index in [0.29, 0.717) is 5.92 Å². The highest BCUT2D eigenvalue weighted by atomic mass is 16.7. The maximum absolute atomic E-state index is 5.86. The van der Waals surface area contributed by atoms with Gasteiger partial charge in [-0.15, -0.1) is 0 Å². The van der Waals surface area contributed by atoms with E-state index in [9.17, 15) is 0 Å². The van der Waals surface area contributed by atoms with E-state index in [1.165, 1.54) is 64.2 Å². The lowest BCUT2D eigenvalue weighted by molar-refractivity contribution is -0.247. The largest absolute Gasteiger partial charge is 0.353 e. The molecule has 0 saturated carbocycles. The number of unbranched alkanes of at least 4 members (excludes halogenated alkanes) is 6. The van der Waals surface area contributed by atoms with Gasteiger partial charge in [-0.25, -0.2) is 0 Å². The predicted molar refractivity (Wildman–Crippen MR) is 92.7 cm³/mol. The molecule has 0 radical (unpaired) electrons. The van der Waals surface area contributed by atoms with Crippen molar-refractivity contribution in [3.63, 3.8) is 0 Å². The third-order valence-corrected chi connectivity index (χ3v) is 4.72. The van der Waals surface area contributed by atoms with E-state index in [1.54, 1.807) is 0 Å². The molecule has 0 bridgehead atoms. The molecule has 0 aromatic rings. The van der Waals surface area contributed by atoms with Crippen LogP contribution in [0.1, 0.15) is 97.8 Å². The van der Waals surface area contributed by atoms with Crippen molar-refractivity contribution in [2.24, 2.45) is 5.92 Å². The van der Waals surface area contributed by atoms with Gasteiger partial charge in [0.1, 0.15) is 0 Å². The number of rotatable bonds is 15. The second-order valence-corrected chi connectivity index (χ2v) is 6.37. The Bertz CT molecular complexity index is 212. The molecule has 0 aromatic carbocycles. The van der Waals surface area contributed by atoms with Crippen LogP contribution in [-0.4, -0.2) is 20.0 Å². The molecule has 0 aliphatic heterocycles. The molecule has 0 heterocycles. The monoisotopic (exact) mass is 300 g/mol. The van der Waals surface area contributed by atoms with Crippen LogP contribution in [0.5, 0.6) is 0 Å². The molecule has 0 fully saturated rings. The molecule has 0 amide bonds. The molecule has 0 aromatic heterocycles. The standard InChI is InChI=1S/C19H40O2/c1-6-9-11-12-13-14-16-18(15-10-7-2)19(20-4,21-5)17-8-3/h18H,6-17H2,1-5H3. The fraction of sp³-hybridized carbons (Fsp3) is 1.00. The normalized spacial score (nSPS) is 13.6. The Hall–Kier alpha value is -0.0800. The quantitative estimate of drug-likeness (QED) is 0.260. The second kappa shape index (κ2) is 13.6. The van der Waals surface area contributed by atoms with Gasteiger partial charge < -0.3 is 9.47 Å². The number of hydrogen-bond acceptors (Lipinski definition) is 2. The Kier molecular flexibility index (Phi) is 13.5. The molecule has 2 heteroatoms. The summed E-state index contributed by atoms with van der Waals surface area (Å²) in [6.45, 7) is 6.76. The highest BCUT2D eigenvalue weighted by Crippen LogP contribution is 2.35. The van der Waals surface area contributed by atoms with Gasteiger partial charge in [-0.3, -0.25) is 0 Å². The first-order chi connectivity index (χ1) is 10.2. The Morgan fingerprint density at radius 3 is 1.71 bits per heavy atom. The van der Waals surface area contributed by atoms with Gasteiger partial charge in [0, 0.05) is 26.6 Å². The first kappa shape index (κ1) is 20.9. The minimum Gasteiger partial charge on any atom is -0.353 e. The van der Waals surface area contributed by atoms with Gasteiger partial charge in [0.25, 0.3) is 0 Å². The average molecular weight is 301 g/mol. The summed E-state index contributed by atoms with van der Waals surface area (Å²) in [4.78, 5) is 0. The van der Waals surface area contributed by atoms with Gasteiger partial charge in [-0.2, -0.15) is 0 Å². The molecule has 0 rings (SSSR count). The van der Waals surface area contributed by atoms with E-state index in [1.807, 2.05) is 14.2 Å². The van der Waals surface area contributed by atoms with Crippen LogP contribution in [-0.2, 0) is 9.47 Å². The number of methoxy groups -OCH3 is 2. The molecule has 0 N–H and O–H groups in total. The zero-order chi connectivity index (χ0) is 16.0. The van der Waals surface area contributed by atoms with Crippen molar-refractivity contribution in [1.82, 2.24) is 0 Å². The zero-order valence-corrected chi connectivity index (χ0v) is 15.4. The summed E-state index contributed by atoms with van der Waals surface area (Å²) in [6, 6.07) is 0. The third kappa shape index (κ3) is 8.21. The van der Waals surface area contributed by atoms with Crippen LogP contribution in [0.4, 0.5) is 0 Å². The molecule has 0 aliphatic rings. The molecule has 0 aliphatic carbocycles. The molecule has 0 saturated heterocycles. The molecule has 128 valence electrons. The van der Waals surface area contributed by atoms with E-state index in [2.05, 4.69) is 20.8 Å². The summed E-state index contributed by atoms with van der Waals surface area (Å²) < 4.78 is 11.7. The fourth-order valence-corrected chi connectivity index (χ4v) is 3.38. The maximum atomic E-state index is 5.86. The Labute approximate surface area is 134 Å². The predicted octanol–water partition coefficient (Wildman–Crippen LogP) is 6.33. The van der Waals surface area contributed by atoms with Gasteiger partial charge >= 0.3 is 0 Å². The van der Waals surface area contributed by atoms with Gasteiger partial charge in [0.2, 0.25) is 0 Å². The first-order valence-corrected chi connectivity index (χ1v) is 9.30. The fourth-order valence-electron chi connectivity index (χ4n) is 3.38. The molecular formula is C19H40O2. The number of hydrogen-bond donors (Lipinski definition) is 0. The minimum atomic E-state index is -0.354. The van der Waals surface area contributed by atoms with Crippen molar-refractivity contribution in [3.05, 3.63) is 0 Å². The van der Waals surface area contributed by atoms with Crippen molar-refractivity contribution in [2.75, 3.05) is 14.2 Å². The lowest BCUT2D eigenvalue weighted by Crippen LogP contribution is -2.42. The topological polar surface area (TPSA) is 18.5 Å². The zero-order valence-electron chi connectivity index (χ0n) is 15.4. The molecule has 1 atom stereocenters.